The van der Waals surface area contributed by atoms with Gasteiger partial charge >= 0.3 is 0 Å². The number of ether oxygens (including phenoxy) is 1. The second-order valence-electron chi connectivity index (χ2n) is 2.34. The van der Waals surface area contributed by atoms with Crippen molar-refractivity contribution in [3.8, 4) is 17.2 Å². The van der Waals surface area contributed by atoms with Crippen LogP contribution in [0, 0.1) is 0 Å². The molecule has 0 saturated carbocycles. The fourth-order valence-electron chi connectivity index (χ4n) is 0.790. The van der Waals surface area contributed by atoms with Crippen LogP contribution in [0.25, 0.3) is 0 Å². The molecular weight excluding hydrogens is 160 g/mol. The van der Waals surface area contributed by atoms with Crippen molar-refractivity contribution in [3.05, 3.63) is 18.2 Å². The summed E-state index contributed by atoms with van der Waals surface area (Å²) in [7, 11) is 0. The normalized spacial score (nSPS) is 12.5. The van der Waals surface area contributed by atoms with E-state index in [1.807, 2.05) is 0 Å². The molecule has 1 unspecified atom stereocenters. The lowest BCUT2D eigenvalue weighted by Crippen LogP contribution is -2.09. The second-order valence-corrected chi connectivity index (χ2v) is 2.34. The Morgan fingerprint density at radius 3 is 2.58 bits per heavy atom. The highest BCUT2D eigenvalue weighted by Gasteiger charge is 2.08. The molecule has 0 radical (unpaired) electrons. The van der Waals surface area contributed by atoms with Crippen LogP contribution in [0.2, 0.25) is 0 Å². The first kappa shape index (κ1) is 8.67. The van der Waals surface area contributed by atoms with E-state index >= 15 is 0 Å². The summed E-state index contributed by atoms with van der Waals surface area (Å²) in [5.41, 5.74) is 0. The van der Waals surface area contributed by atoms with E-state index in [0.29, 0.717) is 0 Å². The first-order valence-electron chi connectivity index (χ1n) is 3.47. The molecule has 0 fully saturated rings. The first-order valence-corrected chi connectivity index (χ1v) is 3.47. The topological polar surface area (TPSA) is 69.9 Å². The number of hydrogen-bond acceptors (Lipinski definition) is 4. The maximum atomic E-state index is 9.16. The number of aliphatic hydroxyl groups is 1. The molecule has 12 heavy (non-hydrogen) atoms. The minimum atomic E-state index is -1.02. The van der Waals surface area contributed by atoms with E-state index in [2.05, 4.69) is 0 Å². The molecule has 3 N–H and O–H groups in total. The summed E-state index contributed by atoms with van der Waals surface area (Å²) in [6.45, 7) is 1.41. The Kier molecular flexibility index (Phi) is 2.40. The van der Waals surface area contributed by atoms with Crippen molar-refractivity contribution in [2.24, 2.45) is 0 Å². The largest absolute Gasteiger partial charge is 0.504 e. The SMILES string of the molecule is CC(O)Oc1cccc(O)c1O. The number of rotatable bonds is 2. The lowest BCUT2D eigenvalue weighted by atomic mass is 10.3. The summed E-state index contributed by atoms with van der Waals surface area (Å²) in [6.07, 6.45) is -1.02. The number of benzene rings is 1. The van der Waals surface area contributed by atoms with E-state index in [-0.39, 0.29) is 17.2 Å². The number of para-hydroxylation sites is 1. The molecule has 0 aliphatic heterocycles. The highest BCUT2D eigenvalue weighted by atomic mass is 16.6. The molecule has 66 valence electrons. The molecule has 0 bridgehead atoms. The van der Waals surface area contributed by atoms with Crippen molar-refractivity contribution >= 4 is 0 Å². The number of phenolic OH excluding ortho intramolecular Hbond substituents is 2. The van der Waals surface area contributed by atoms with Gasteiger partial charge in [0.2, 0.25) is 5.75 Å². The van der Waals surface area contributed by atoms with Gasteiger partial charge in [0.15, 0.2) is 17.8 Å². The lowest BCUT2D eigenvalue weighted by molar-refractivity contribution is -0.00225. The van der Waals surface area contributed by atoms with E-state index in [0.717, 1.165) is 0 Å². The Labute approximate surface area is 69.7 Å². The first-order chi connectivity index (χ1) is 5.61. The van der Waals surface area contributed by atoms with Crippen molar-refractivity contribution in [1.82, 2.24) is 0 Å². The molecule has 4 heteroatoms. The number of aliphatic hydroxyl groups excluding tert-OH is 1. The maximum Gasteiger partial charge on any atom is 0.200 e. The number of aromatic hydroxyl groups is 2. The van der Waals surface area contributed by atoms with Gasteiger partial charge in [0.25, 0.3) is 0 Å². The standard InChI is InChI=1S/C8H10O4/c1-5(9)12-7-4-2-3-6(10)8(7)11/h2-5,9-11H,1H3. The van der Waals surface area contributed by atoms with E-state index in [4.69, 9.17) is 20.1 Å². The third kappa shape index (κ3) is 1.79. The summed E-state index contributed by atoms with van der Waals surface area (Å²) in [5.74, 6) is -0.573. The molecule has 0 spiro atoms. The fraction of sp³-hybridized carbons (Fsp3) is 0.250. The lowest BCUT2D eigenvalue weighted by Gasteiger charge is -2.10. The molecule has 0 aliphatic rings. The Hall–Kier alpha value is -1.42. The van der Waals surface area contributed by atoms with Crippen LogP contribution in [0.15, 0.2) is 18.2 Å². The zero-order valence-corrected chi connectivity index (χ0v) is 6.56. The van der Waals surface area contributed by atoms with Crippen molar-refractivity contribution in [3.63, 3.8) is 0 Å². The summed E-state index contributed by atoms with van der Waals surface area (Å²) in [6, 6.07) is 4.28. The van der Waals surface area contributed by atoms with Crippen LogP contribution in [0.4, 0.5) is 0 Å². The highest BCUT2D eigenvalue weighted by Crippen LogP contribution is 2.34. The maximum absolute atomic E-state index is 9.16. The number of phenols is 2. The van der Waals surface area contributed by atoms with Crippen molar-refractivity contribution < 1.29 is 20.1 Å². The minimum absolute atomic E-state index is 0.0602. The van der Waals surface area contributed by atoms with Gasteiger partial charge in [0.05, 0.1) is 0 Å². The zero-order chi connectivity index (χ0) is 9.14. The van der Waals surface area contributed by atoms with Crippen molar-refractivity contribution in [2.75, 3.05) is 0 Å². The summed E-state index contributed by atoms with van der Waals surface area (Å²) >= 11 is 0. The number of hydrogen-bond donors (Lipinski definition) is 3. The summed E-state index contributed by atoms with van der Waals surface area (Å²) in [4.78, 5) is 0. The Balaban J connectivity index is 2.92. The van der Waals surface area contributed by atoms with Gasteiger partial charge in [-0.05, 0) is 19.1 Å². The predicted molar refractivity (Wildman–Crippen MR) is 42.1 cm³/mol. The van der Waals surface area contributed by atoms with Gasteiger partial charge in [-0.2, -0.15) is 0 Å². The molecule has 4 nitrogen and oxygen atoms in total. The predicted octanol–water partition coefficient (Wildman–Crippen LogP) is 0.815. The Morgan fingerprint density at radius 1 is 1.33 bits per heavy atom. The second kappa shape index (κ2) is 3.32. The van der Waals surface area contributed by atoms with E-state index < -0.39 is 6.29 Å². The van der Waals surface area contributed by atoms with Crippen LogP contribution in [-0.4, -0.2) is 21.6 Å². The molecule has 0 aliphatic carbocycles. The summed E-state index contributed by atoms with van der Waals surface area (Å²) in [5, 5.41) is 27.0. The van der Waals surface area contributed by atoms with Crippen molar-refractivity contribution in [2.45, 2.75) is 13.2 Å². The molecule has 0 heterocycles. The van der Waals surface area contributed by atoms with Crippen LogP contribution < -0.4 is 4.74 Å². The molecule has 1 aromatic rings. The van der Waals surface area contributed by atoms with Crippen LogP contribution in [0.3, 0.4) is 0 Å². The van der Waals surface area contributed by atoms with Crippen LogP contribution in [0.5, 0.6) is 17.2 Å². The van der Waals surface area contributed by atoms with E-state index in [1.165, 1.54) is 25.1 Å². The molecule has 0 saturated heterocycles. The van der Waals surface area contributed by atoms with E-state index in [9.17, 15) is 0 Å². The quantitative estimate of drug-likeness (QED) is 0.454. The molecule has 1 atom stereocenters. The average Bonchev–Trinajstić information content (AvgIpc) is 1.98. The van der Waals surface area contributed by atoms with Gasteiger partial charge in [0, 0.05) is 0 Å². The van der Waals surface area contributed by atoms with Gasteiger partial charge in [-0.25, -0.2) is 0 Å². The molecule has 1 rings (SSSR count). The molecule has 0 amide bonds. The van der Waals surface area contributed by atoms with Gasteiger partial charge in [-0.15, -0.1) is 0 Å². The zero-order valence-electron chi connectivity index (χ0n) is 6.56. The van der Waals surface area contributed by atoms with Gasteiger partial charge in [-0.3, -0.25) is 0 Å². The Morgan fingerprint density at radius 2 is 2.00 bits per heavy atom. The van der Waals surface area contributed by atoms with Crippen LogP contribution in [-0.2, 0) is 0 Å². The summed E-state index contributed by atoms with van der Waals surface area (Å²) < 4.78 is 4.77. The van der Waals surface area contributed by atoms with Gasteiger partial charge in [0.1, 0.15) is 0 Å². The fourth-order valence-corrected chi connectivity index (χ4v) is 0.790. The van der Waals surface area contributed by atoms with Gasteiger partial charge in [-0.1, -0.05) is 6.07 Å². The third-order valence-electron chi connectivity index (χ3n) is 1.28. The molecular formula is C8H10O4. The molecule has 0 aromatic heterocycles. The van der Waals surface area contributed by atoms with Crippen LogP contribution in [0.1, 0.15) is 6.92 Å². The van der Waals surface area contributed by atoms with Crippen LogP contribution >= 0.6 is 0 Å². The molecule has 1 aromatic carbocycles. The monoisotopic (exact) mass is 170 g/mol. The van der Waals surface area contributed by atoms with E-state index in [1.54, 1.807) is 0 Å². The van der Waals surface area contributed by atoms with Gasteiger partial charge < -0.3 is 20.1 Å². The highest BCUT2D eigenvalue weighted by molar-refractivity contribution is 5.48. The smallest absolute Gasteiger partial charge is 0.200 e. The Bertz CT molecular complexity index is 270. The average molecular weight is 170 g/mol. The minimum Gasteiger partial charge on any atom is -0.504 e. The van der Waals surface area contributed by atoms with Crippen molar-refractivity contribution in [1.29, 1.82) is 0 Å². The third-order valence-corrected chi connectivity index (χ3v) is 1.28.